The third kappa shape index (κ3) is 4.79. The van der Waals surface area contributed by atoms with Crippen LogP contribution in [0, 0.1) is 0 Å². The fourth-order valence-corrected chi connectivity index (χ4v) is 2.63. The molecule has 0 saturated carbocycles. The molecule has 0 aliphatic heterocycles. The molecular formula is C15H25BrN2O. The molecule has 1 rings (SSSR count). The van der Waals surface area contributed by atoms with Crippen molar-refractivity contribution in [3.8, 4) is 0 Å². The minimum absolute atomic E-state index is 0.365. The van der Waals surface area contributed by atoms with Gasteiger partial charge < -0.3 is 15.0 Å². The molecule has 108 valence electrons. The lowest BCUT2D eigenvalue weighted by Crippen LogP contribution is -2.27. The van der Waals surface area contributed by atoms with E-state index in [1.165, 1.54) is 11.3 Å². The van der Waals surface area contributed by atoms with Gasteiger partial charge in [0.2, 0.25) is 0 Å². The van der Waals surface area contributed by atoms with E-state index in [9.17, 15) is 0 Å². The predicted molar refractivity (Wildman–Crippen MR) is 86.0 cm³/mol. The summed E-state index contributed by atoms with van der Waals surface area (Å²) in [5, 5.41) is 3.26. The van der Waals surface area contributed by atoms with E-state index in [-0.39, 0.29) is 0 Å². The summed E-state index contributed by atoms with van der Waals surface area (Å²) in [5.41, 5.74) is 2.52. The van der Waals surface area contributed by atoms with Gasteiger partial charge in [-0.15, -0.1) is 0 Å². The van der Waals surface area contributed by atoms with Crippen LogP contribution in [0.1, 0.15) is 32.4 Å². The fourth-order valence-electron chi connectivity index (χ4n) is 1.98. The molecule has 19 heavy (non-hydrogen) atoms. The van der Waals surface area contributed by atoms with Gasteiger partial charge in [0, 0.05) is 30.2 Å². The molecule has 0 aliphatic carbocycles. The molecule has 3 nitrogen and oxygen atoms in total. The summed E-state index contributed by atoms with van der Waals surface area (Å²) in [6, 6.07) is 6.93. The Morgan fingerprint density at radius 1 is 1.37 bits per heavy atom. The summed E-state index contributed by atoms with van der Waals surface area (Å²) >= 11 is 3.68. The van der Waals surface area contributed by atoms with Crippen molar-refractivity contribution in [1.29, 1.82) is 0 Å². The number of benzene rings is 1. The van der Waals surface area contributed by atoms with E-state index >= 15 is 0 Å². The Balaban J connectivity index is 2.81. The van der Waals surface area contributed by atoms with Crippen molar-refractivity contribution in [2.75, 3.05) is 38.3 Å². The first-order chi connectivity index (χ1) is 9.13. The normalized spacial score (nSPS) is 12.5. The lowest BCUT2D eigenvalue weighted by molar-refractivity contribution is 0.154. The van der Waals surface area contributed by atoms with Crippen molar-refractivity contribution >= 4 is 21.6 Å². The number of halogens is 1. The summed E-state index contributed by atoms with van der Waals surface area (Å²) in [6.07, 6.45) is 0. The zero-order valence-corrected chi connectivity index (χ0v) is 14.0. The Morgan fingerprint density at radius 3 is 2.63 bits per heavy atom. The number of nitrogens with zero attached hydrogens (tertiary/aromatic N) is 1. The molecule has 1 aromatic rings. The number of hydrogen-bond donors (Lipinski definition) is 1. The van der Waals surface area contributed by atoms with Crippen LogP contribution >= 0.6 is 15.9 Å². The highest BCUT2D eigenvalue weighted by Gasteiger charge is 2.11. The van der Waals surface area contributed by atoms with Gasteiger partial charge in [0.15, 0.2) is 0 Å². The molecule has 0 amide bonds. The van der Waals surface area contributed by atoms with Crippen LogP contribution in [-0.2, 0) is 4.74 Å². The minimum atomic E-state index is 0.365. The second-order valence-electron chi connectivity index (χ2n) is 4.50. The topological polar surface area (TPSA) is 24.5 Å². The Kier molecular flexibility index (Phi) is 7.42. The van der Waals surface area contributed by atoms with Crippen molar-refractivity contribution in [1.82, 2.24) is 5.32 Å². The highest BCUT2D eigenvalue weighted by Crippen LogP contribution is 2.29. The monoisotopic (exact) mass is 328 g/mol. The van der Waals surface area contributed by atoms with Crippen LogP contribution in [0.15, 0.2) is 22.7 Å². The van der Waals surface area contributed by atoms with Gasteiger partial charge in [-0.1, -0.05) is 6.07 Å². The lowest BCUT2D eigenvalue weighted by Gasteiger charge is -2.25. The van der Waals surface area contributed by atoms with Crippen molar-refractivity contribution < 1.29 is 4.74 Å². The van der Waals surface area contributed by atoms with E-state index in [0.29, 0.717) is 6.04 Å². The fraction of sp³-hybridized carbons (Fsp3) is 0.600. The smallest absolute Gasteiger partial charge is 0.0641 e. The van der Waals surface area contributed by atoms with Crippen LogP contribution < -0.4 is 10.2 Å². The summed E-state index contributed by atoms with van der Waals surface area (Å²) in [7, 11) is 1.98. The Morgan fingerprint density at radius 2 is 2.11 bits per heavy atom. The predicted octanol–water partition coefficient (Wildman–Crippen LogP) is 3.59. The number of hydrogen-bond acceptors (Lipinski definition) is 3. The average Bonchev–Trinajstić information content (AvgIpc) is 2.43. The highest BCUT2D eigenvalue weighted by atomic mass is 79.9. The molecule has 1 N–H and O–H groups in total. The standard InChI is InChI=1S/C15H25BrN2O/c1-5-18(9-10-19-6-2)15-8-7-13(11-14(15)16)12(3)17-4/h7-8,11-12,17H,5-6,9-10H2,1-4H3. The van der Waals surface area contributed by atoms with E-state index in [1.807, 2.05) is 14.0 Å². The molecule has 1 unspecified atom stereocenters. The molecule has 0 aromatic heterocycles. The van der Waals surface area contributed by atoms with Crippen LogP contribution in [0.2, 0.25) is 0 Å². The molecule has 1 atom stereocenters. The van der Waals surface area contributed by atoms with E-state index in [0.717, 1.165) is 30.8 Å². The van der Waals surface area contributed by atoms with Crippen LogP contribution in [0.25, 0.3) is 0 Å². The third-order valence-corrected chi connectivity index (χ3v) is 3.97. The minimum Gasteiger partial charge on any atom is -0.380 e. The first-order valence-electron chi connectivity index (χ1n) is 6.93. The van der Waals surface area contributed by atoms with Gasteiger partial charge in [-0.3, -0.25) is 0 Å². The molecule has 4 heteroatoms. The highest BCUT2D eigenvalue weighted by molar-refractivity contribution is 9.10. The molecule has 1 aromatic carbocycles. The first kappa shape index (κ1) is 16.5. The van der Waals surface area contributed by atoms with Crippen LogP contribution in [0.5, 0.6) is 0 Å². The largest absolute Gasteiger partial charge is 0.380 e. The van der Waals surface area contributed by atoms with Crippen molar-refractivity contribution in [2.24, 2.45) is 0 Å². The molecule has 0 aliphatic rings. The van der Waals surface area contributed by atoms with Gasteiger partial charge in [0.1, 0.15) is 0 Å². The van der Waals surface area contributed by atoms with E-state index in [1.54, 1.807) is 0 Å². The second-order valence-corrected chi connectivity index (χ2v) is 5.35. The summed E-state index contributed by atoms with van der Waals surface area (Å²) in [6.45, 7) is 9.80. The van der Waals surface area contributed by atoms with Gasteiger partial charge in [0.05, 0.1) is 12.3 Å². The Hall–Kier alpha value is -0.580. The van der Waals surface area contributed by atoms with Gasteiger partial charge in [-0.2, -0.15) is 0 Å². The molecule has 0 spiro atoms. The number of nitrogens with one attached hydrogen (secondary N) is 1. The summed E-state index contributed by atoms with van der Waals surface area (Å²) in [4.78, 5) is 2.33. The van der Waals surface area contributed by atoms with Crippen molar-refractivity contribution in [3.05, 3.63) is 28.2 Å². The molecular weight excluding hydrogens is 304 g/mol. The number of rotatable bonds is 8. The molecule has 0 fully saturated rings. The lowest BCUT2D eigenvalue weighted by atomic mass is 10.1. The quantitative estimate of drug-likeness (QED) is 0.738. The number of anilines is 1. The summed E-state index contributed by atoms with van der Waals surface area (Å²) in [5.74, 6) is 0. The summed E-state index contributed by atoms with van der Waals surface area (Å²) < 4.78 is 6.58. The zero-order chi connectivity index (χ0) is 14.3. The van der Waals surface area contributed by atoms with Crippen LogP contribution in [0.3, 0.4) is 0 Å². The van der Waals surface area contributed by atoms with Gasteiger partial charge >= 0.3 is 0 Å². The molecule has 0 radical (unpaired) electrons. The molecule has 0 saturated heterocycles. The maximum Gasteiger partial charge on any atom is 0.0641 e. The first-order valence-corrected chi connectivity index (χ1v) is 7.72. The van der Waals surface area contributed by atoms with Gasteiger partial charge in [-0.05, 0) is 61.4 Å². The Labute approximate surface area is 125 Å². The maximum absolute atomic E-state index is 5.44. The SMILES string of the molecule is CCOCCN(CC)c1ccc(C(C)NC)cc1Br. The molecule has 0 bridgehead atoms. The number of likely N-dealkylation sites (N-methyl/N-ethyl adjacent to an activating group) is 1. The van der Waals surface area contributed by atoms with E-state index < -0.39 is 0 Å². The van der Waals surface area contributed by atoms with E-state index in [4.69, 9.17) is 4.74 Å². The maximum atomic E-state index is 5.44. The van der Waals surface area contributed by atoms with Crippen LogP contribution in [0.4, 0.5) is 5.69 Å². The third-order valence-electron chi connectivity index (χ3n) is 3.34. The zero-order valence-electron chi connectivity index (χ0n) is 12.4. The Bertz CT molecular complexity index is 384. The molecule has 0 heterocycles. The second kappa shape index (κ2) is 8.56. The number of ether oxygens (including phenoxy) is 1. The van der Waals surface area contributed by atoms with Gasteiger partial charge in [-0.25, -0.2) is 0 Å². The van der Waals surface area contributed by atoms with Crippen molar-refractivity contribution in [2.45, 2.75) is 26.8 Å². The van der Waals surface area contributed by atoms with E-state index in [2.05, 4.69) is 58.2 Å². The van der Waals surface area contributed by atoms with Crippen molar-refractivity contribution in [3.63, 3.8) is 0 Å². The average molecular weight is 329 g/mol. The van der Waals surface area contributed by atoms with Gasteiger partial charge in [0.25, 0.3) is 0 Å². The van der Waals surface area contributed by atoms with Crippen LogP contribution in [-0.4, -0.2) is 33.4 Å².